The second-order valence-corrected chi connectivity index (χ2v) is 4.03. The number of hydrogen-bond donors (Lipinski definition) is 0. The molecule has 1 aromatic carbocycles. The van der Waals surface area contributed by atoms with Gasteiger partial charge >= 0.3 is 0 Å². The zero-order valence-corrected chi connectivity index (χ0v) is 11.1. The molecule has 0 aliphatic heterocycles. The van der Waals surface area contributed by atoms with Crippen molar-refractivity contribution in [1.82, 2.24) is 0 Å². The molecule has 1 unspecified atom stereocenters. The van der Waals surface area contributed by atoms with Crippen molar-refractivity contribution in [3.63, 3.8) is 0 Å². The summed E-state index contributed by atoms with van der Waals surface area (Å²) >= 11 is 5.82. The van der Waals surface area contributed by atoms with Gasteiger partial charge in [0.2, 0.25) is 0 Å². The van der Waals surface area contributed by atoms with Crippen LogP contribution in [0, 0.1) is 0 Å². The summed E-state index contributed by atoms with van der Waals surface area (Å²) in [7, 11) is 0. The Hall–Kier alpha value is -0.490. The average molecular weight is 227 g/mol. The van der Waals surface area contributed by atoms with Crippen LogP contribution in [0.15, 0.2) is 24.3 Å². The second-order valence-electron chi connectivity index (χ2n) is 3.59. The van der Waals surface area contributed by atoms with Crippen molar-refractivity contribution in [2.45, 2.75) is 52.9 Å². The molecule has 86 valence electrons. The lowest BCUT2D eigenvalue weighted by atomic mass is 9.96. The minimum Gasteiger partial charge on any atom is -0.0843 e. The Morgan fingerprint density at radius 2 is 1.67 bits per heavy atom. The highest BCUT2D eigenvalue weighted by molar-refractivity contribution is 6.30. The van der Waals surface area contributed by atoms with Crippen molar-refractivity contribution in [1.29, 1.82) is 0 Å². The zero-order chi connectivity index (χ0) is 11.7. The quantitative estimate of drug-likeness (QED) is 0.622. The van der Waals surface area contributed by atoms with E-state index in [-0.39, 0.29) is 0 Å². The molecule has 0 bridgehead atoms. The molecule has 0 N–H and O–H groups in total. The lowest BCUT2D eigenvalue weighted by molar-refractivity contribution is 0.624. The second kappa shape index (κ2) is 8.79. The molecule has 0 nitrogen and oxygen atoms in total. The van der Waals surface area contributed by atoms with E-state index in [1.54, 1.807) is 0 Å². The lowest BCUT2D eigenvalue weighted by Gasteiger charge is -2.10. The molecule has 1 aromatic rings. The van der Waals surface area contributed by atoms with E-state index >= 15 is 0 Å². The van der Waals surface area contributed by atoms with Crippen LogP contribution in [0.1, 0.15) is 58.4 Å². The van der Waals surface area contributed by atoms with Crippen LogP contribution >= 0.6 is 11.6 Å². The van der Waals surface area contributed by atoms with Gasteiger partial charge in [0.15, 0.2) is 0 Å². The molecule has 0 heterocycles. The number of halogens is 1. The van der Waals surface area contributed by atoms with Gasteiger partial charge in [0, 0.05) is 5.02 Å². The SMILES string of the molecule is CC.CCCCC(C)c1ccc(Cl)cc1. The molecule has 0 amide bonds. The maximum absolute atomic E-state index is 5.82. The standard InChI is InChI=1S/C12H17Cl.C2H6/c1-3-4-5-10(2)11-6-8-12(13)9-7-11;1-2/h6-10H,3-5H2,1-2H3;1-2H3. The van der Waals surface area contributed by atoms with Gasteiger partial charge in [-0.2, -0.15) is 0 Å². The molecule has 0 fully saturated rings. The number of hydrogen-bond acceptors (Lipinski definition) is 0. The maximum Gasteiger partial charge on any atom is 0.0406 e. The highest BCUT2D eigenvalue weighted by Crippen LogP contribution is 2.22. The van der Waals surface area contributed by atoms with Gasteiger partial charge in [0.25, 0.3) is 0 Å². The number of rotatable bonds is 4. The summed E-state index contributed by atoms with van der Waals surface area (Å²) in [5.41, 5.74) is 1.40. The lowest BCUT2D eigenvalue weighted by Crippen LogP contribution is -1.92. The van der Waals surface area contributed by atoms with Crippen LogP contribution in [0.25, 0.3) is 0 Å². The summed E-state index contributed by atoms with van der Waals surface area (Å²) in [6.07, 6.45) is 3.86. The van der Waals surface area contributed by atoms with Gasteiger partial charge in [-0.25, -0.2) is 0 Å². The van der Waals surface area contributed by atoms with Gasteiger partial charge in [-0.15, -0.1) is 0 Å². The first-order valence-corrected chi connectivity index (χ1v) is 6.37. The normalized spacial score (nSPS) is 11.5. The Kier molecular flexibility index (Phi) is 8.50. The third-order valence-corrected chi connectivity index (χ3v) is 2.68. The predicted octanol–water partition coefficient (Wildman–Crippen LogP) is 5.66. The fraction of sp³-hybridized carbons (Fsp3) is 0.571. The van der Waals surface area contributed by atoms with E-state index in [1.165, 1.54) is 24.8 Å². The summed E-state index contributed by atoms with van der Waals surface area (Å²) in [5, 5.41) is 0.825. The van der Waals surface area contributed by atoms with Crippen LogP contribution in [0.5, 0.6) is 0 Å². The Morgan fingerprint density at radius 1 is 1.13 bits per heavy atom. The third-order valence-electron chi connectivity index (χ3n) is 2.43. The monoisotopic (exact) mass is 226 g/mol. The highest BCUT2D eigenvalue weighted by Gasteiger charge is 2.03. The summed E-state index contributed by atoms with van der Waals surface area (Å²) in [4.78, 5) is 0. The molecular formula is C14H23Cl. The topological polar surface area (TPSA) is 0 Å². The molecule has 0 spiro atoms. The highest BCUT2D eigenvalue weighted by atomic mass is 35.5. The van der Waals surface area contributed by atoms with E-state index < -0.39 is 0 Å². The number of unbranched alkanes of at least 4 members (excludes halogenated alkanes) is 1. The van der Waals surface area contributed by atoms with E-state index in [1.807, 2.05) is 26.0 Å². The molecule has 0 aromatic heterocycles. The molecule has 0 aliphatic carbocycles. The summed E-state index contributed by atoms with van der Waals surface area (Å²) in [6, 6.07) is 8.20. The molecule has 0 radical (unpaired) electrons. The fourth-order valence-corrected chi connectivity index (χ4v) is 1.59. The van der Waals surface area contributed by atoms with Crippen LogP contribution in [0.2, 0.25) is 5.02 Å². The predicted molar refractivity (Wildman–Crippen MR) is 70.7 cm³/mol. The van der Waals surface area contributed by atoms with Crippen molar-refractivity contribution in [2.75, 3.05) is 0 Å². The van der Waals surface area contributed by atoms with Crippen molar-refractivity contribution >= 4 is 11.6 Å². The molecular weight excluding hydrogens is 204 g/mol. The molecule has 0 saturated heterocycles. The van der Waals surface area contributed by atoms with E-state index in [2.05, 4.69) is 26.0 Å². The number of benzene rings is 1. The van der Waals surface area contributed by atoms with E-state index in [0.29, 0.717) is 5.92 Å². The Labute approximate surface area is 99.7 Å². The first-order chi connectivity index (χ1) is 7.24. The van der Waals surface area contributed by atoms with Crippen molar-refractivity contribution in [3.05, 3.63) is 34.9 Å². The van der Waals surface area contributed by atoms with E-state index in [4.69, 9.17) is 11.6 Å². The largest absolute Gasteiger partial charge is 0.0843 e. The van der Waals surface area contributed by atoms with Gasteiger partial charge in [-0.3, -0.25) is 0 Å². The Morgan fingerprint density at radius 3 is 2.13 bits per heavy atom. The first-order valence-electron chi connectivity index (χ1n) is 5.99. The van der Waals surface area contributed by atoms with Crippen LogP contribution in [-0.2, 0) is 0 Å². The third kappa shape index (κ3) is 5.84. The van der Waals surface area contributed by atoms with Crippen LogP contribution in [0.3, 0.4) is 0 Å². The van der Waals surface area contributed by atoms with Gasteiger partial charge in [-0.05, 0) is 30.0 Å². The zero-order valence-electron chi connectivity index (χ0n) is 10.4. The molecule has 1 atom stereocenters. The van der Waals surface area contributed by atoms with Gasteiger partial charge in [0.1, 0.15) is 0 Å². The smallest absolute Gasteiger partial charge is 0.0406 e. The van der Waals surface area contributed by atoms with E-state index in [9.17, 15) is 0 Å². The average Bonchev–Trinajstić information content (AvgIpc) is 2.29. The summed E-state index contributed by atoms with van der Waals surface area (Å²) in [5.74, 6) is 0.664. The summed E-state index contributed by atoms with van der Waals surface area (Å²) < 4.78 is 0. The van der Waals surface area contributed by atoms with Gasteiger partial charge < -0.3 is 0 Å². The molecule has 15 heavy (non-hydrogen) atoms. The van der Waals surface area contributed by atoms with Crippen molar-refractivity contribution < 1.29 is 0 Å². The van der Waals surface area contributed by atoms with Crippen LogP contribution in [-0.4, -0.2) is 0 Å². The first kappa shape index (κ1) is 14.5. The molecule has 1 heteroatoms. The van der Waals surface area contributed by atoms with Gasteiger partial charge in [0.05, 0.1) is 0 Å². The molecule has 0 aliphatic rings. The van der Waals surface area contributed by atoms with Crippen LogP contribution in [0.4, 0.5) is 0 Å². The van der Waals surface area contributed by atoms with E-state index in [0.717, 1.165) is 5.02 Å². The van der Waals surface area contributed by atoms with Crippen molar-refractivity contribution in [3.8, 4) is 0 Å². The summed E-state index contributed by atoms with van der Waals surface area (Å²) in [6.45, 7) is 8.51. The van der Waals surface area contributed by atoms with Crippen LogP contribution < -0.4 is 0 Å². The molecule has 0 saturated carbocycles. The van der Waals surface area contributed by atoms with Crippen molar-refractivity contribution in [2.24, 2.45) is 0 Å². The molecule has 1 rings (SSSR count). The fourth-order valence-electron chi connectivity index (χ4n) is 1.47. The Balaban J connectivity index is 0.000000921. The maximum atomic E-state index is 5.82. The van der Waals surface area contributed by atoms with Gasteiger partial charge in [-0.1, -0.05) is 64.3 Å². The minimum absolute atomic E-state index is 0.664. The Bertz CT molecular complexity index is 238. The minimum atomic E-state index is 0.664.